The highest BCUT2D eigenvalue weighted by Crippen LogP contribution is 2.30. The van der Waals surface area contributed by atoms with Crippen LogP contribution in [0.5, 0.6) is 0 Å². The lowest BCUT2D eigenvalue weighted by Gasteiger charge is -2.24. The molecule has 30 heavy (non-hydrogen) atoms. The van der Waals surface area contributed by atoms with Crippen molar-refractivity contribution in [1.82, 2.24) is 9.88 Å². The second-order valence-electron chi connectivity index (χ2n) is 7.35. The van der Waals surface area contributed by atoms with Crippen LogP contribution < -0.4 is 4.90 Å². The topological polar surface area (TPSA) is 79.8 Å². The molecule has 0 saturated carbocycles. The third-order valence-corrected chi connectivity index (χ3v) is 6.67. The van der Waals surface area contributed by atoms with E-state index in [-0.39, 0.29) is 49.6 Å². The molecule has 0 N–H and O–H groups in total. The number of aromatic nitrogens is 1. The van der Waals surface area contributed by atoms with Gasteiger partial charge >= 0.3 is 0 Å². The van der Waals surface area contributed by atoms with Crippen LogP contribution in [0.25, 0.3) is 11.3 Å². The van der Waals surface area contributed by atoms with Gasteiger partial charge in [0, 0.05) is 47.8 Å². The molecule has 2 aliphatic rings. The summed E-state index contributed by atoms with van der Waals surface area (Å²) in [6.45, 7) is 1.24. The molecule has 0 aliphatic carbocycles. The average molecular weight is 492 g/mol. The van der Waals surface area contributed by atoms with Crippen molar-refractivity contribution in [3.05, 3.63) is 34.1 Å². The molecule has 2 aromatic rings. The lowest BCUT2D eigenvalue weighted by atomic mass is 10.2. The van der Waals surface area contributed by atoms with Crippen LogP contribution in [-0.2, 0) is 19.1 Å². The molecule has 1 atom stereocenters. The predicted molar refractivity (Wildman–Crippen MR) is 117 cm³/mol. The zero-order chi connectivity index (χ0) is 21.1. The molecule has 9 heteroatoms. The van der Waals surface area contributed by atoms with Gasteiger partial charge < -0.3 is 4.74 Å². The number of likely N-dealkylation sites (tertiary alicyclic amines) is 1. The molecule has 1 aromatic heterocycles. The molecule has 2 saturated heterocycles. The molecule has 4 rings (SSSR count). The van der Waals surface area contributed by atoms with E-state index < -0.39 is 0 Å². The Balaban J connectivity index is 1.50. The number of rotatable bonds is 7. The van der Waals surface area contributed by atoms with E-state index in [2.05, 4.69) is 20.9 Å². The smallest absolute Gasteiger partial charge is 0.230 e. The first-order valence-corrected chi connectivity index (χ1v) is 11.6. The summed E-state index contributed by atoms with van der Waals surface area (Å²) >= 11 is 4.84. The Hall–Kier alpha value is -2.10. The van der Waals surface area contributed by atoms with Crippen LogP contribution in [-0.4, -0.2) is 53.4 Å². The van der Waals surface area contributed by atoms with Gasteiger partial charge in [-0.1, -0.05) is 28.1 Å². The Morgan fingerprint density at radius 2 is 1.97 bits per heavy atom. The van der Waals surface area contributed by atoms with E-state index in [1.807, 2.05) is 29.6 Å². The van der Waals surface area contributed by atoms with E-state index in [1.165, 1.54) is 16.2 Å². The van der Waals surface area contributed by atoms with Gasteiger partial charge in [0.05, 0.1) is 18.3 Å². The molecule has 2 aliphatic heterocycles. The molecular formula is C21H22BrN3O4S. The number of imide groups is 1. The normalized spacial score (nSPS) is 19.0. The van der Waals surface area contributed by atoms with E-state index in [9.17, 15) is 14.4 Å². The minimum Gasteiger partial charge on any atom is -0.376 e. The fraction of sp³-hybridized carbons (Fsp3) is 0.429. The maximum absolute atomic E-state index is 13.1. The van der Waals surface area contributed by atoms with E-state index >= 15 is 0 Å². The van der Waals surface area contributed by atoms with Gasteiger partial charge in [-0.15, -0.1) is 11.3 Å². The number of ether oxygens (including phenoxy) is 1. The van der Waals surface area contributed by atoms with Gasteiger partial charge in [0.1, 0.15) is 0 Å². The predicted octanol–water partition coefficient (Wildman–Crippen LogP) is 3.62. The van der Waals surface area contributed by atoms with Gasteiger partial charge in [-0.3, -0.25) is 24.2 Å². The van der Waals surface area contributed by atoms with Gasteiger partial charge in [0.2, 0.25) is 17.7 Å². The summed E-state index contributed by atoms with van der Waals surface area (Å²) in [6.07, 6.45) is 2.40. The molecule has 1 aromatic carbocycles. The number of amides is 3. The zero-order valence-corrected chi connectivity index (χ0v) is 18.8. The van der Waals surface area contributed by atoms with Crippen molar-refractivity contribution in [3.8, 4) is 11.3 Å². The van der Waals surface area contributed by atoms with Crippen LogP contribution in [0.4, 0.5) is 5.13 Å². The van der Waals surface area contributed by atoms with Gasteiger partial charge in [0.25, 0.3) is 0 Å². The van der Waals surface area contributed by atoms with Crippen LogP contribution >= 0.6 is 27.3 Å². The Labute approximate surface area is 187 Å². The summed E-state index contributed by atoms with van der Waals surface area (Å²) in [6, 6.07) is 7.85. The highest BCUT2D eigenvalue weighted by molar-refractivity contribution is 9.10. The Kier molecular flexibility index (Phi) is 6.60. The molecule has 158 valence electrons. The van der Waals surface area contributed by atoms with E-state index in [1.54, 1.807) is 4.90 Å². The van der Waals surface area contributed by atoms with Crippen LogP contribution in [0.15, 0.2) is 34.1 Å². The molecular weight excluding hydrogens is 470 g/mol. The standard InChI is InChI=1S/C21H22BrN3O4S/c22-15-5-3-14(4-6-15)17-13-30-21(23-17)25(12-16-2-1-11-29-16)20(28)9-10-24-18(26)7-8-19(24)27/h3-6,13,16H,1-2,7-12H2. The Morgan fingerprint density at radius 3 is 2.63 bits per heavy atom. The van der Waals surface area contributed by atoms with Crippen LogP contribution in [0, 0.1) is 0 Å². The Morgan fingerprint density at radius 1 is 1.23 bits per heavy atom. The number of hydrogen-bond acceptors (Lipinski definition) is 6. The van der Waals surface area contributed by atoms with Crippen molar-refractivity contribution < 1.29 is 19.1 Å². The monoisotopic (exact) mass is 491 g/mol. The second-order valence-corrected chi connectivity index (χ2v) is 9.10. The first kappa shape index (κ1) is 21.1. The van der Waals surface area contributed by atoms with Crippen molar-refractivity contribution in [1.29, 1.82) is 0 Å². The van der Waals surface area contributed by atoms with Crippen LogP contribution in [0.2, 0.25) is 0 Å². The van der Waals surface area contributed by atoms with E-state index in [4.69, 9.17) is 4.74 Å². The molecule has 0 bridgehead atoms. The van der Waals surface area contributed by atoms with Crippen molar-refractivity contribution in [2.45, 2.75) is 38.2 Å². The molecule has 2 fully saturated rings. The largest absolute Gasteiger partial charge is 0.376 e. The molecule has 7 nitrogen and oxygen atoms in total. The van der Waals surface area contributed by atoms with Gasteiger partial charge in [-0.25, -0.2) is 4.98 Å². The zero-order valence-electron chi connectivity index (χ0n) is 16.4. The van der Waals surface area contributed by atoms with Crippen LogP contribution in [0.1, 0.15) is 32.1 Å². The molecule has 0 spiro atoms. The SMILES string of the molecule is O=C1CCC(=O)N1CCC(=O)N(CC1CCCO1)c1nc(-c2ccc(Br)cc2)cs1. The van der Waals surface area contributed by atoms with E-state index in [0.717, 1.165) is 28.6 Å². The number of benzene rings is 1. The van der Waals surface area contributed by atoms with Gasteiger partial charge in [0.15, 0.2) is 5.13 Å². The number of carbonyl (C=O) groups is 3. The van der Waals surface area contributed by atoms with Crippen LogP contribution in [0.3, 0.4) is 0 Å². The molecule has 3 amide bonds. The lowest BCUT2D eigenvalue weighted by molar-refractivity contribution is -0.138. The number of halogens is 1. The highest BCUT2D eigenvalue weighted by atomic mass is 79.9. The number of thiazole rings is 1. The fourth-order valence-electron chi connectivity index (χ4n) is 3.63. The Bertz CT molecular complexity index is 924. The summed E-state index contributed by atoms with van der Waals surface area (Å²) in [4.78, 5) is 44.3. The summed E-state index contributed by atoms with van der Waals surface area (Å²) in [5.74, 6) is -0.565. The number of carbonyl (C=O) groups excluding carboxylic acids is 3. The molecule has 3 heterocycles. The van der Waals surface area contributed by atoms with Crippen molar-refractivity contribution >= 4 is 50.1 Å². The minimum atomic E-state index is -0.203. The quantitative estimate of drug-likeness (QED) is 0.552. The first-order chi connectivity index (χ1) is 14.5. The number of hydrogen-bond donors (Lipinski definition) is 0. The summed E-state index contributed by atoms with van der Waals surface area (Å²) < 4.78 is 6.72. The fourth-order valence-corrected chi connectivity index (χ4v) is 4.76. The second kappa shape index (κ2) is 9.36. The summed E-state index contributed by atoms with van der Waals surface area (Å²) in [5, 5.41) is 2.54. The number of anilines is 1. The van der Waals surface area contributed by atoms with Gasteiger partial charge in [-0.05, 0) is 25.0 Å². The third-order valence-electron chi connectivity index (χ3n) is 5.28. The van der Waals surface area contributed by atoms with Crippen molar-refractivity contribution in [2.24, 2.45) is 0 Å². The van der Waals surface area contributed by atoms with Crippen molar-refractivity contribution in [2.75, 3.05) is 24.6 Å². The number of nitrogens with zero attached hydrogens (tertiary/aromatic N) is 3. The minimum absolute atomic E-state index is 0.0240. The summed E-state index contributed by atoms with van der Waals surface area (Å²) in [5.41, 5.74) is 1.77. The third kappa shape index (κ3) is 4.79. The molecule has 0 radical (unpaired) electrons. The van der Waals surface area contributed by atoms with Gasteiger partial charge in [-0.2, -0.15) is 0 Å². The maximum atomic E-state index is 13.1. The average Bonchev–Trinajstić information content (AvgIpc) is 3.48. The lowest BCUT2D eigenvalue weighted by Crippen LogP contribution is -2.40. The molecule has 1 unspecified atom stereocenters. The highest BCUT2D eigenvalue weighted by Gasteiger charge is 2.31. The van der Waals surface area contributed by atoms with E-state index in [0.29, 0.717) is 18.3 Å². The van der Waals surface area contributed by atoms with Crippen molar-refractivity contribution in [3.63, 3.8) is 0 Å². The summed E-state index contributed by atoms with van der Waals surface area (Å²) in [7, 11) is 0. The maximum Gasteiger partial charge on any atom is 0.230 e. The first-order valence-electron chi connectivity index (χ1n) is 9.98.